The standard InChI is InChI=1S/C19H17FN2O3/c1-14-7-9-15(10-8-14)19(24)25-13-18(23)22(12-4-11-21)17-6-3-2-5-16(17)20/h2-3,5-10H,4,12-13H2,1H3. The number of esters is 1. The van der Waals surface area contributed by atoms with Crippen LogP contribution < -0.4 is 4.90 Å². The molecule has 128 valence electrons. The lowest BCUT2D eigenvalue weighted by Crippen LogP contribution is -2.36. The lowest BCUT2D eigenvalue weighted by Gasteiger charge is -2.22. The van der Waals surface area contributed by atoms with Crippen molar-refractivity contribution >= 4 is 17.6 Å². The average molecular weight is 340 g/mol. The van der Waals surface area contributed by atoms with Gasteiger partial charge in [-0.25, -0.2) is 9.18 Å². The number of hydrogen-bond acceptors (Lipinski definition) is 4. The first-order valence-electron chi connectivity index (χ1n) is 7.68. The molecule has 6 heteroatoms. The molecule has 2 rings (SSSR count). The number of amides is 1. The number of hydrogen-bond donors (Lipinski definition) is 0. The Kier molecular flexibility index (Phi) is 6.24. The van der Waals surface area contributed by atoms with E-state index in [9.17, 15) is 14.0 Å². The van der Waals surface area contributed by atoms with E-state index in [0.717, 1.165) is 10.5 Å². The van der Waals surface area contributed by atoms with Crippen LogP contribution in [0.5, 0.6) is 0 Å². The SMILES string of the molecule is Cc1ccc(C(=O)OCC(=O)N(CCC#N)c2ccccc2F)cc1. The molecule has 0 heterocycles. The predicted octanol–water partition coefficient (Wildman–Crippen LogP) is 3.24. The third-order valence-corrected chi connectivity index (χ3v) is 3.51. The molecule has 1 amide bonds. The minimum absolute atomic E-state index is 0.0123. The van der Waals surface area contributed by atoms with Gasteiger partial charge in [0.2, 0.25) is 0 Å². The molecule has 0 fully saturated rings. The second kappa shape index (κ2) is 8.60. The van der Waals surface area contributed by atoms with Crippen LogP contribution in [-0.4, -0.2) is 25.0 Å². The van der Waals surface area contributed by atoms with Gasteiger partial charge in [-0.2, -0.15) is 5.26 Å². The predicted molar refractivity (Wildman–Crippen MR) is 90.4 cm³/mol. The summed E-state index contributed by atoms with van der Waals surface area (Å²) in [5, 5.41) is 8.74. The molecule has 0 aliphatic rings. The number of carbonyl (C=O) groups is 2. The topological polar surface area (TPSA) is 70.4 Å². The highest BCUT2D eigenvalue weighted by Crippen LogP contribution is 2.19. The van der Waals surface area contributed by atoms with Gasteiger partial charge in [-0.05, 0) is 31.2 Å². The van der Waals surface area contributed by atoms with E-state index in [4.69, 9.17) is 10.00 Å². The van der Waals surface area contributed by atoms with Crippen LogP contribution in [0.25, 0.3) is 0 Å². The van der Waals surface area contributed by atoms with Crippen LogP contribution in [0.15, 0.2) is 48.5 Å². The number of halogens is 1. The zero-order chi connectivity index (χ0) is 18.2. The van der Waals surface area contributed by atoms with E-state index in [2.05, 4.69) is 0 Å². The number of anilines is 1. The molecule has 0 aliphatic heterocycles. The fourth-order valence-corrected chi connectivity index (χ4v) is 2.19. The van der Waals surface area contributed by atoms with Gasteiger partial charge < -0.3 is 9.64 Å². The van der Waals surface area contributed by atoms with Crippen molar-refractivity contribution in [2.75, 3.05) is 18.1 Å². The smallest absolute Gasteiger partial charge is 0.338 e. The van der Waals surface area contributed by atoms with E-state index in [1.807, 2.05) is 13.0 Å². The minimum Gasteiger partial charge on any atom is -0.452 e. The summed E-state index contributed by atoms with van der Waals surface area (Å²) in [6.07, 6.45) is 0.0337. The molecule has 0 N–H and O–H groups in total. The van der Waals surface area contributed by atoms with E-state index >= 15 is 0 Å². The van der Waals surface area contributed by atoms with Gasteiger partial charge in [0.05, 0.1) is 23.7 Å². The number of aryl methyl sites for hydroxylation is 1. The average Bonchev–Trinajstić information content (AvgIpc) is 2.62. The van der Waals surface area contributed by atoms with Crippen molar-refractivity contribution in [2.24, 2.45) is 0 Å². The number of nitriles is 1. The second-order valence-corrected chi connectivity index (χ2v) is 5.35. The maximum absolute atomic E-state index is 13.9. The molecule has 0 atom stereocenters. The summed E-state index contributed by atoms with van der Waals surface area (Å²) >= 11 is 0. The lowest BCUT2D eigenvalue weighted by molar-refractivity contribution is -0.121. The number of rotatable bonds is 6. The van der Waals surface area contributed by atoms with Crippen LogP contribution in [0.2, 0.25) is 0 Å². The first kappa shape index (κ1) is 18.1. The van der Waals surface area contributed by atoms with E-state index in [-0.39, 0.29) is 18.7 Å². The fraction of sp³-hybridized carbons (Fsp3) is 0.211. The number of benzene rings is 2. The minimum atomic E-state index is -0.637. The van der Waals surface area contributed by atoms with Crippen LogP contribution in [0, 0.1) is 24.1 Å². The molecule has 0 bridgehead atoms. The summed E-state index contributed by atoms with van der Waals surface area (Å²) in [5.41, 5.74) is 1.37. The normalized spacial score (nSPS) is 9.96. The summed E-state index contributed by atoms with van der Waals surface area (Å²) in [7, 11) is 0. The molecule has 0 spiro atoms. The van der Waals surface area contributed by atoms with E-state index < -0.39 is 24.3 Å². The molecule has 2 aromatic rings. The van der Waals surface area contributed by atoms with E-state index in [1.54, 1.807) is 30.3 Å². The number of ether oxygens (including phenoxy) is 1. The zero-order valence-corrected chi connectivity index (χ0v) is 13.7. The number of carbonyl (C=O) groups excluding carboxylic acids is 2. The van der Waals surface area contributed by atoms with Gasteiger partial charge in [0.25, 0.3) is 5.91 Å². The summed E-state index contributed by atoms with van der Waals surface area (Å²) < 4.78 is 19.0. The molecule has 0 radical (unpaired) electrons. The van der Waals surface area contributed by atoms with Crippen molar-refractivity contribution in [3.8, 4) is 6.07 Å². The Bertz CT molecular complexity index is 797. The van der Waals surface area contributed by atoms with Crippen molar-refractivity contribution in [3.63, 3.8) is 0 Å². The van der Waals surface area contributed by atoms with Crippen molar-refractivity contribution in [3.05, 3.63) is 65.5 Å². The van der Waals surface area contributed by atoms with Crippen LogP contribution >= 0.6 is 0 Å². The molecule has 0 saturated heterocycles. The summed E-state index contributed by atoms with van der Waals surface area (Å²) in [4.78, 5) is 25.5. The van der Waals surface area contributed by atoms with Crippen LogP contribution in [0.4, 0.5) is 10.1 Å². The van der Waals surface area contributed by atoms with Crippen molar-refractivity contribution < 1.29 is 18.7 Å². The summed E-state index contributed by atoms with van der Waals surface area (Å²) in [6.45, 7) is 1.37. The Morgan fingerprint density at radius 2 is 1.84 bits per heavy atom. The molecule has 0 aromatic heterocycles. The molecule has 5 nitrogen and oxygen atoms in total. The van der Waals surface area contributed by atoms with Crippen molar-refractivity contribution in [1.82, 2.24) is 0 Å². The highest BCUT2D eigenvalue weighted by molar-refractivity contribution is 5.97. The molecule has 2 aromatic carbocycles. The van der Waals surface area contributed by atoms with Gasteiger partial charge in [0.15, 0.2) is 6.61 Å². The highest BCUT2D eigenvalue weighted by Gasteiger charge is 2.20. The van der Waals surface area contributed by atoms with Gasteiger partial charge in [-0.3, -0.25) is 4.79 Å². The quantitative estimate of drug-likeness (QED) is 0.757. The summed E-state index contributed by atoms with van der Waals surface area (Å²) in [6, 6.07) is 14.4. The monoisotopic (exact) mass is 340 g/mol. The molecular formula is C19H17FN2O3. The summed E-state index contributed by atoms with van der Waals surface area (Å²) in [5.74, 6) is -1.82. The first-order chi connectivity index (χ1) is 12.0. The van der Waals surface area contributed by atoms with Gasteiger partial charge >= 0.3 is 5.97 Å². The Hall–Kier alpha value is -3.20. The fourth-order valence-electron chi connectivity index (χ4n) is 2.19. The Balaban J connectivity index is 2.07. The lowest BCUT2D eigenvalue weighted by atomic mass is 10.1. The second-order valence-electron chi connectivity index (χ2n) is 5.35. The third kappa shape index (κ3) is 4.88. The number of para-hydroxylation sites is 1. The van der Waals surface area contributed by atoms with E-state index in [1.165, 1.54) is 18.2 Å². The molecule has 25 heavy (non-hydrogen) atoms. The highest BCUT2D eigenvalue weighted by atomic mass is 19.1. The zero-order valence-electron chi connectivity index (χ0n) is 13.7. The first-order valence-corrected chi connectivity index (χ1v) is 7.68. The Morgan fingerprint density at radius 1 is 1.16 bits per heavy atom. The molecular weight excluding hydrogens is 323 g/mol. The van der Waals surface area contributed by atoms with Gasteiger partial charge in [0, 0.05) is 6.54 Å². The van der Waals surface area contributed by atoms with Crippen molar-refractivity contribution in [2.45, 2.75) is 13.3 Å². The molecule has 0 aliphatic carbocycles. The molecule has 0 saturated carbocycles. The number of nitrogens with zero attached hydrogens (tertiary/aromatic N) is 2. The van der Waals surface area contributed by atoms with Crippen molar-refractivity contribution in [1.29, 1.82) is 5.26 Å². The van der Waals surface area contributed by atoms with Crippen LogP contribution in [-0.2, 0) is 9.53 Å². The van der Waals surface area contributed by atoms with Crippen LogP contribution in [0.3, 0.4) is 0 Å². The van der Waals surface area contributed by atoms with E-state index in [0.29, 0.717) is 5.56 Å². The largest absolute Gasteiger partial charge is 0.452 e. The maximum Gasteiger partial charge on any atom is 0.338 e. The third-order valence-electron chi connectivity index (χ3n) is 3.51. The van der Waals surface area contributed by atoms with Gasteiger partial charge in [0.1, 0.15) is 5.82 Å². The Morgan fingerprint density at radius 3 is 2.48 bits per heavy atom. The molecule has 0 unspecified atom stereocenters. The van der Waals surface area contributed by atoms with Gasteiger partial charge in [-0.1, -0.05) is 29.8 Å². The van der Waals surface area contributed by atoms with Gasteiger partial charge in [-0.15, -0.1) is 0 Å². The maximum atomic E-state index is 13.9. The Labute approximate surface area is 145 Å². The van der Waals surface area contributed by atoms with Crippen LogP contribution in [0.1, 0.15) is 22.3 Å².